The van der Waals surface area contributed by atoms with Crippen molar-refractivity contribution in [3.8, 4) is 0 Å². The van der Waals surface area contributed by atoms with Crippen LogP contribution in [0, 0.1) is 0 Å². The number of nitrogens with one attached hydrogen (secondary N) is 1. The second-order valence-corrected chi connectivity index (χ2v) is 9.18. The molecule has 0 amide bonds. The highest BCUT2D eigenvalue weighted by atomic mass is 127. The summed E-state index contributed by atoms with van der Waals surface area (Å²) in [4.78, 5) is 9.97. The van der Waals surface area contributed by atoms with Crippen molar-refractivity contribution in [2.45, 2.75) is 64.6 Å². The van der Waals surface area contributed by atoms with Crippen molar-refractivity contribution in [1.82, 2.24) is 24.9 Å². The summed E-state index contributed by atoms with van der Waals surface area (Å²) in [5.41, 5.74) is 4.01. The molecule has 2 fully saturated rings. The van der Waals surface area contributed by atoms with Gasteiger partial charge >= 0.3 is 0 Å². The number of halogens is 1. The summed E-state index contributed by atoms with van der Waals surface area (Å²) in [7, 11) is 1.99. The van der Waals surface area contributed by atoms with E-state index in [0.717, 1.165) is 45.1 Å². The fourth-order valence-electron chi connectivity index (χ4n) is 4.84. The van der Waals surface area contributed by atoms with Crippen molar-refractivity contribution in [2.24, 2.45) is 12.0 Å². The van der Waals surface area contributed by atoms with Gasteiger partial charge in [-0.3, -0.25) is 9.58 Å². The maximum atomic E-state index is 4.96. The third-order valence-electron chi connectivity index (χ3n) is 6.78. The van der Waals surface area contributed by atoms with Gasteiger partial charge in [-0.05, 0) is 56.3 Å². The Bertz CT molecular complexity index is 862. The van der Waals surface area contributed by atoms with Crippen molar-refractivity contribution in [3.63, 3.8) is 0 Å². The van der Waals surface area contributed by atoms with Gasteiger partial charge in [-0.1, -0.05) is 30.7 Å². The third-order valence-corrected chi connectivity index (χ3v) is 6.78. The smallest absolute Gasteiger partial charge is 0.194 e. The zero-order valence-corrected chi connectivity index (χ0v) is 22.2. The quantitative estimate of drug-likeness (QED) is 0.330. The monoisotopic (exact) mass is 550 g/mol. The Morgan fingerprint density at radius 3 is 2.59 bits per heavy atom. The summed E-state index contributed by atoms with van der Waals surface area (Å²) in [6.07, 6.45) is 9.35. The molecular weight excluding hydrogens is 511 g/mol. The van der Waals surface area contributed by atoms with Crippen LogP contribution in [0.3, 0.4) is 0 Å². The summed E-state index contributed by atoms with van der Waals surface area (Å²) < 4.78 is 1.90. The molecule has 176 valence electrons. The van der Waals surface area contributed by atoms with E-state index in [1.807, 2.05) is 17.9 Å². The zero-order valence-electron chi connectivity index (χ0n) is 19.8. The fraction of sp³-hybridized carbons (Fsp3) is 0.600. The number of guanidine groups is 1. The van der Waals surface area contributed by atoms with Crippen LogP contribution < -0.4 is 5.32 Å². The molecule has 2 aromatic rings. The molecule has 0 spiro atoms. The molecule has 2 unspecified atom stereocenters. The third kappa shape index (κ3) is 6.47. The molecule has 3 heterocycles. The average Bonchev–Trinajstić information content (AvgIpc) is 3.43. The molecule has 2 saturated heterocycles. The first-order valence-corrected chi connectivity index (χ1v) is 12.0. The Kier molecular flexibility index (Phi) is 9.40. The highest BCUT2D eigenvalue weighted by Crippen LogP contribution is 2.27. The van der Waals surface area contributed by atoms with Crippen LogP contribution in [0.15, 0.2) is 41.7 Å². The maximum absolute atomic E-state index is 4.96. The van der Waals surface area contributed by atoms with E-state index in [4.69, 9.17) is 4.99 Å². The lowest BCUT2D eigenvalue weighted by molar-refractivity contribution is 0.152. The van der Waals surface area contributed by atoms with Gasteiger partial charge in [0.15, 0.2) is 5.96 Å². The van der Waals surface area contributed by atoms with Crippen LogP contribution in [0.2, 0.25) is 0 Å². The number of nitrogens with zero attached hydrogens (tertiary/aromatic N) is 5. The predicted molar refractivity (Wildman–Crippen MR) is 143 cm³/mol. The van der Waals surface area contributed by atoms with Crippen LogP contribution in [0.4, 0.5) is 0 Å². The molecule has 2 atom stereocenters. The number of aliphatic imine (C=N–C) groups is 1. The first kappa shape index (κ1) is 25.0. The summed E-state index contributed by atoms with van der Waals surface area (Å²) in [5, 5.41) is 7.83. The van der Waals surface area contributed by atoms with Crippen molar-refractivity contribution in [2.75, 3.05) is 26.2 Å². The number of benzene rings is 1. The van der Waals surface area contributed by atoms with Gasteiger partial charge in [0, 0.05) is 51.4 Å². The van der Waals surface area contributed by atoms with Gasteiger partial charge in [0.1, 0.15) is 0 Å². The van der Waals surface area contributed by atoms with Crippen LogP contribution in [-0.4, -0.2) is 57.8 Å². The van der Waals surface area contributed by atoms with E-state index < -0.39 is 0 Å². The summed E-state index contributed by atoms with van der Waals surface area (Å²) in [5.74, 6) is 1.56. The van der Waals surface area contributed by atoms with Crippen molar-refractivity contribution in [3.05, 3.63) is 53.3 Å². The van der Waals surface area contributed by atoms with Gasteiger partial charge in [0.2, 0.25) is 0 Å². The molecule has 2 aliphatic rings. The molecule has 32 heavy (non-hydrogen) atoms. The van der Waals surface area contributed by atoms with Gasteiger partial charge in [0.25, 0.3) is 0 Å². The van der Waals surface area contributed by atoms with Crippen LogP contribution in [0.25, 0.3) is 0 Å². The number of aromatic nitrogens is 2. The molecule has 0 bridgehead atoms. The molecule has 0 aliphatic carbocycles. The second kappa shape index (κ2) is 12.0. The summed E-state index contributed by atoms with van der Waals surface area (Å²) >= 11 is 0. The topological polar surface area (TPSA) is 48.7 Å². The molecule has 1 aromatic heterocycles. The van der Waals surface area contributed by atoms with Crippen LogP contribution in [-0.2, 0) is 20.1 Å². The Balaban J connectivity index is 0.00000289. The molecule has 2 aliphatic heterocycles. The molecule has 6 nitrogen and oxygen atoms in total. The molecule has 0 saturated carbocycles. The largest absolute Gasteiger partial charge is 0.357 e. The fourth-order valence-corrected chi connectivity index (χ4v) is 4.84. The lowest BCUT2D eigenvalue weighted by Crippen LogP contribution is -2.40. The van der Waals surface area contributed by atoms with E-state index in [-0.39, 0.29) is 24.0 Å². The molecule has 1 N–H and O–H groups in total. The standard InChI is InChI=1S/C25H38N6.HI/c1-4-26-25(31-14-12-23(19-31)24-16-28-29(3)18-24)27-15-21-8-10-22(11-9-21)17-30-13-6-5-7-20(30)2;/h8-11,16,18,20,23H,4-7,12-15,17,19H2,1-3H3,(H,26,27);1H. The molecule has 0 radical (unpaired) electrons. The van der Waals surface area contributed by atoms with Gasteiger partial charge < -0.3 is 10.2 Å². The van der Waals surface area contributed by atoms with E-state index in [1.165, 1.54) is 42.5 Å². The molecule has 4 rings (SSSR count). The Hall–Kier alpha value is -1.61. The minimum Gasteiger partial charge on any atom is -0.357 e. The van der Waals surface area contributed by atoms with Crippen molar-refractivity contribution < 1.29 is 0 Å². The number of piperidine rings is 1. The van der Waals surface area contributed by atoms with Crippen LogP contribution >= 0.6 is 24.0 Å². The highest BCUT2D eigenvalue weighted by molar-refractivity contribution is 14.0. The maximum Gasteiger partial charge on any atom is 0.194 e. The average molecular weight is 551 g/mol. The van der Waals surface area contributed by atoms with E-state index in [1.54, 1.807) is 0 Å². The van der Waals surface area contributed by atoms with Crippen LogP contribution in [0.1, 0.15) is 62.1 Å². The first-order chi connectivity index (χ1) is 15.1. The number of hydrogen-bond donors (Lipinski definition) is 1. The number of likely N-dealkylation sites (tertiary alicyclic amines) is 2. The lowest BCUT2D eigenvalue weighted by Gasteiger charge is -2.33. The van der Waals surface area contributed by atoms with Crippen molar-refractivity contribution >= 4 is 29.9 Å². The Morgan fingerprint density at radius 2 is 1.91 bits per heavy atom. The minimum absolute atomic E-state index is 0. The van der Waals surface area contributed by atoms with E-state index in [0.29, 0.717) is 12.0 Å². The van der Waals surface area contributed by atoms with Crippen molar-refractivity contribution in [1.29, 1.82) is 0 Å². The van der Waals surface area contributed by atoms with E-state index in [9.17, 15) is 0 Å². The second-order valence-electron chi connectivity index (χ2n) is 9.18. The Morgan fingerprint density at radius 1 is 1.12 bits per heavy atom. The molecule has 1 aromatic carbocycles. The first-order valence-electron chi connectivity index (χ1n) is 12.0. The molecule has 7 heteroatoms. The Labute approximate surface area is 210 Å². The number of hydrogen-bond acceptors (Lipinski definition) is 3. The zero-order chi connectivity index (χ0) is 21.6. The predicted octanol–water partition coefficient (Wildman–Crippen LogP) is 4.37. The highest BCUT2D eigenvalue weighted by Gasteiger charge is 2.27. The summed E-state index contributed by atoms with van der Waals surface area (Å²) in [6, 6.07) is 9.77. The van der Waals surface area contributed by atoms with Gasteiger partial charge in [-0.2, -0.15) is 5.10 Å². The normalized spacial score (nSPS) is 22.1. The number of aryl methyl sites for hydroxylation is 1. The lowest BCUT2D eigenvalue weighted by atomic mass is 10.0. The van der Waals surface area contributed by atoms with E-state index in [2.05, 4.69) is 64.5 Å². The SMILES string of the molecule is CCNC(=NCc1ccc(CN2CCCCC2C)cc1)N1CCC(c2cnn(C)c2)C1.I. The molecular formula is C25H39IN6. The van der Waals surface area contributed by atoms with Gasteiger partial charge in [0.05, 0.1) is 12.7 Å². The van der Waals surface area contributed by atoms with Crippen LogP contribution in [0.5, 0.6) is 0 Å². The van der Waals surface area contributed by atoms with Gasteiger partial charge in [-0.15, -0.1) is 24.0 Å². The summed E-state index contributed by atoms with van der Waals surface area (Å²) in [6.45, 7) is 10.5. The van der Waals surface area contributed by atoms with E-state index >= 15 is 0 Å². The van der Waals surface area contributed by atoms with Gasteiger partial charge in [-0.25, -0.2) is 4.99 Å². The minimum atomic E-state index is 0. The number of rotatable bonds is 6.